The fourth-order valence-electron chi connectivity index (χ4n) is 1.86. The van der Waals surface area contributed by atoms with Crippen LogP contribution in [-0.4, -0.2) is 11.7 Å². The van der Waals surface area contributed by atoms with E-state index in [4.69, 9.17) is 0 Å². The summed E-state index contributed by atoms with van der Waals surface area (Å²) in [6.07, 6.45) is -0.444. The summed E-state index contributed by atoms with van der Waals surface area (Å²) in [5.74, 6) is 0. The van der Waals surface area contributed by atoms with E-state index in [1.165, 1.54) is 9.75 Å². The molecule has 0 bridgehead atoms. The van der Waals surface area contributed by atoms with Crippen LogP contribution in [0, 0.1) is 13.8 Å². The molecule has 0 aliphatic rings. The van der Waals surface area contributed by atoms with Crippen LogP contribution < -0.4 is 5.32 Å². The Morgan fingerprint density at radius 1 is 1.24 bits per heavy atom. The first-order valence-electron chi connectivity index (χ1n) is 5.70. The molecule has 2 aromatic rings. The molecule has 2 rings (SSSR count). The molecular weight excluding hydrogens is 230 g/mol. The number of para-hydroxylation sites is 1. The van der Waals surface area contributed by atoms with Gasteiger partial charge in [-0.05, 0) is 37.6 Å². The molecular formula is C14H17NOS. The van der Waals surface area contributed by atoms with Crippen molar-refractivity contribution < 1.29 is 5.11 Å². The Kier molecular flexibility index (Phi) is 3.82. The second kappa shape index (κ2) is 5.34. The average Bonchev–Trinajstić information content (AvgIpc) is 2.67. The molecule has 17 heavy (non-hydrogen) atoms. The second-order valence-corrected chi connectivity index (χ2v) is 5.59. The van der Waals surface area contributed by atoms with Crippen molar-refractivity contribution >= 4 is 17.0 Å². The lowest BCUT2D eigenvalue weighted by molar-refractivity contribution is 0.191. The summed E-state index contributed by atoms with van der Waals surface area (Å²) in [5, 5.41) is 13.4. The SMILES string of the molecule is Cc1cc(C(O)CNc2ccccc2)c(C)s1. The number of hydrogen-bond acceptors (Lipinski definition) is 3. The molecule has 0 aliphatic heterocycles. The van der Waals surface area contributed by atoms with Crippen molar-refractivity contribution in [2.45, 2.75) is 20.0 Å². The predicted molar refractivity (Wildman–Crippen MR) is 73.7 cm³/mol. The maximum Gasteiger partial charge on any atom is 0.0973 e. The van der Waals surface area contributed by atoms with Crippen molar-refractivity contribution in [2.24, 2.45) is 0 Å². The number of aryl methyl sites for hydroxylation is 2. The number of thiophene rings is 1. The van der Waals surface area contributed by atoms with Crippen LogP contribution in [0.25, 0.3) is 0 Å². The Morgan fingerprint density at radius 2 is 1.94 bits per heavy atom. The van der Waals surface area contributed by atoms with Crippen molar-refractivity contribution in [1.82, 2.24) is 0 Å². The Hall–Kier alpha value is -1.32. The Bertz CT molecular complexity index is 478. The summed E-state index contributed by atoms with van der Waals surface area (Å²) >= 11 is 1.73. The topological polar surface area (TPSA) is 32.3 Å². The van der Waals surface area contributed by atoms with E-state index in [9.17, 15) is 5.11 Å². The van der Waals surface area contributed by atoms with E-state index >= 15 is 0 Å². The zero-order valence-corrected chi connectivity index (χ0v) is 10.9. The van der Waals surface area contributed by atoms with Crippen molar-refractivity contribution in [3.8, 4) is 0 Å². The second-order valence-electron chi connectivity index (χ2n) is 4.13. The third kappa shape index (κ3) is 3.08. The largest absolute Gasteiger partial charge is 0.387 e. The van der Waals surface area contributed by atoms with E-state index in [-0.39, 0.29) is 0 Å². The minimum atomic E-state index is -0.444. The molecule has 1 aromatic heterocycles. The molecule has 0 saturated carbocycles. The molecule has 0 fully saturated rings. The molecule has 1 heterocycles. The summed E-state index contributed by atoms with van der Waals surface area (Å²) in [4.78, 5) is 2.45. The number of hydrogen-bond donors (Lipinski definition) is 2. The van der Waals surface area contributed by atoms with E-state index < -0.39 is 6.10 Å². The average molecular weight is 247 g/mol. The maximum absolute atomic E-state index is 10.1. The van der Waals surface area contributed by atoms with E-state index in [1.807, 2.05) is 30.3 Å². The summed E-state index contributed by atoms with van der Waals surface area (Å²) in [7, 11) is 0. The summed E-state index contributed by atoms with van der Waals surface area (Å²) < 4.78 is 0. The van der Waals surface area contributed by atoms with Gasteiger partial charge in [-0.3, -0.25) is 0 Å². The predicted octanol–water partition coefficient (Wildman–Crippen LogP) is 3.51. The monoisotopic (exact) mass is 247 g/mol. The van der Waals surface area contributed by atoms with E-state index in [1.54, 1.807) is 11.3 Å². The first-order chi connectivity index (χ1) is 8.16. The molecule has 1 aromatic carbocycles. The Labute approximate surface area is 106 Å². The first-order valence-corrected chi connectivity index (χ1v) is 6.52. The molecule has 1 unspecified atom stereocenters. The van der Waals surface area contributed by atoms with Gasteiger partial charge in [-0.25, -0.2) is 0 Å². The van der Waals surface area contributed by atoms with Gasteiger partial charge in [-0.2, -0.15) is 0 Å². The van der Waals surface area contributed by atoms with Gasteiger partial charge in [-0.1, -0.05) is 18.2 Å². The minimum absolute atomic E-state index is 0.444. The smallest absolute Gasteiger partial charge is 0.0973 e. The van der Waals surface area contributed by atoms with E-state index in [0.29, 0.717) is 6.54 Å². The fraction of sp³-hybridized carbons (Fsp3) is 0.286. The summed E-state index contributed by atoms with van der Waals surface area (Å²) in [6.45, 7) is 4.66. The number of benzene rings is 1. The molecule has 0 saturated heterocycles. The highest BCUT2D eigenvalue weighted by Gasteiger charge is 2.12. The number of aliphatic hydroxyl groups excluding tert-OH is 1. The number of nitrogens with one attached hydrogen (secondary N) is 1. The third-order valence-corrected chi connectivity index (χ3v) is 3.69. The van der Waals surface area contributed by atoms with Gasteiger partial charge in [0.25, 0.3) is 0 Å². The Balaban J connectivity index is 1.98. The van der Waals surface area contributed by atoms with Gasteiger partial charge in [0.1, 0.15) is 0 Å². The van der Waals surface area contributed by atoms with Gasteiger partial charge in [0.15, 0.2) is 0 Å². The molecule has 0 amide bonds. The van der Waals surface area contributed by atoms with Crippen LogP contribution in [0.4, 0.5) is 5.69 Å². The standard InChI is InChI=1S/C14H17NOS/c1-10-8-13(11(2)17-10)14(16)9-15-12-6-4-3-5-7-12/h3-8,14-16H,9H2,1-2H3. The molecule has 3 heteroatoms. The molecule has 2 N–H and O–H groups in total. The maximum atomic E-state index is 10.1. The lowest BCUT2D eigenvalue weighted by Gasteiger charge is -2.12. The molecule has 0 spiro atoms. The van der Waals surface area contributed by atoms with Gasteiger partial charge in [-0.15, -0.1) is 11.3 Å². The quantitative estimate of drug-likeness (QED) is 0.866. The lowest BCUT2D eigenvalue weighted by Crippen LogP contribution is -2.12. The van der Waals surface area contributed by atoms with Gasteiger partial charge in [0.05, 0.1) is 6.10 Å². The van der Waals surface area contributed by atoms with Crippen LogP contribution >= 0.6 is 11.3 Å². The van der Waals surface area contributed by atoms with Crippen LogP contribution in [0.1, 0.15) is 21.4 Å². The van der Waals surface area contributed by atoms with Crippen LogP contribution in [0.5, 0.6) is 0 Å². The molecule has 90 valence electrons. The van der Waals surface area contributed by atoms with Crippen LogP contribution in [-0.2, 0) is 0 Å². The van der Waals surface area contributed by atoms with Crippen LogP contribution in [0.3, 0.4) is 0 Å². The van der Waals surface area contributed by atoms with Gasteiger partial charge in [0, 0.05) is 22.0 Å². The van der Waals surface area contributed by atoms with Crippen molar-refractivity contribution in [1.29, 1.82) is 0 Å². The first kappa shape index (κ1) is 12.1. The van der Waals surface area contributed by atoms with Crippen LogP contribution in [0.2, 0.25) is 0 Å². The highest BCUT2D eigenvalue weighted by molar-refractivity contribution is 7.12. The van der Waals surface area contributed by atoms with Crippen molar-refractivity contribution in [3.05, 3.63) is 51.7 Å². The van der Waals surface area contributed by atoms with Gasteiger partial charge in [0.2, 0.25) is 0 Å². The van der Waals surface area contributed by atoms with Gasteiger partial charge < -0.3 is 10.4 Å². The van der Waals surface area contributed by atoms with E-state index in [2.05, 4.69) is 25.2 Å². The normalized spacial score (nSPS) is 12.4. The summed E-state index contributed by atoms with van der Waals surface area (Å²) in [5.41, 5.74) is 2.08. The van der Waals surface area contributed by atoms with E-state index in [0.717, 1.165) is 11.3 Å². The third-order valence-electron chi connectivity index (χ3n) is 2.71. The molecule has 2 nitrogen and oxygen atoms in total. The molecule has 0 radical (unpaired) electrons. The minimum Gasteiger partial charge on any atom is -0.387 e. The van der Waals surface area contributed by atoms with Crippen LogP contribution in [0.15, 0.2) is 36.4 Å². The fourth-order valence-corrected chi connectivity index (χ4v) is 2.84. The zero-order valence-electron chi connectivity index (χ0n) is 10.1. The highest BCUT2D eigenvalue weighted by atomic mass is 32.1. The number of aliphatic hydroxyl groups is 1. The number of anilines is 1. The van der Waals surface area contributed by atoms with Gasteiger partial charge >= 0.3 is 0 Å². The molecule has 0 aliphatic carbocycles. The number of rotatable bonds is 4. The lowest BCUT2D eigenvalue weighted by atomic mass is 10.1. The summed E-state index contributed by atoms with van der Waals surface area (Å²) in [6, 6.07) is 12.0. The van der Waals surface area contributed by atoms with Crippen molar-refractivity contribution in [2.75, 3.05) is 11.9 Å². The Morgan fingerprint density at radius 3 is 2.53 bits per heavy atom. The molecule has 1 atom stereocenters. The highest BCUT2D eigenvalue weighted by Crippen LogP contribution is 2.26. The van der Waals surface area contributed by atoms with Crippen molar-refractivity contribution in [3.63, 3.8) is 0 Å². The zero-order chi connectivity index (χ0) is 12.3.